The van der Waals surface area contributed by atoms with Crippen molar-refractivity contribution < 1.29 is 24.1 Å². The van der Waals surface area contributed by atoms with Crippen LogP contribution in [0.3, 0.4) is 0 Å². The summed E-state index contributed by atoms with van der Waals surface area (Å²) in [5, 5.41) is 9.70. The number of aliphatic hydroxyl groups excluding tert-OH is 1. The number of methoxy groups -OCH3 is 4. The molecule has 2 rings (SSSR count). The van der Waals surface area contributed by atoms with Gasteiger partial charge in [0.05, 0.1) is 35.0 Å². The van der Waals surface area contributed by atoms with E-state index in [0.717, 1.165) is 11.1 Å². The highest BCUT2D eigenvalue weighted by molar-refractivity contribution is 5.44. The molecule has 0 spiro atoms. The quantitative estimate of drug-likeness (QED) is 0.689. The number of hydrogen-bond donors (Lipinski definition) is 1. The van der Waals surface area contributed by atoms with Crippen LogP contribution in [0.4, 0.5) is 0 Å². The Bertz CT molecular complexity index is 677. The molecule has 0 heterocycles. The highest BCUT2D eigenvalue weighted by Crippen LogP contribution is 2.30. The summed E-state index contributed by atoms with van der Waals surface area (Å²) >= 11 is 0. The van der Waals surface area contributed by atoms with Gasteiger partial charge in [-0.05, 0) is 42.3 Å². The lowest BCUT2D eigenvalue weighted by Gasteiger charge is -2.28. The molecule has 0 radical (unpaired) electrons. The van der Waals surface area contributed by atoms with Crippen LogP contribution in [0.5, 0.6) is 23.0 Å². The molecule has 0 saturated carbocycles. The van der Waals surface area contributed by atoms with E-state index >= 15 is 0 Å². The summed E-state index contributed by atoms with van der Waals surface area (Å²) in [7, 11) is 6.49. The van der Waals surface area contributed by atoms with Gasteiger partial charge in [-0.2, -0.15) is 0 Å². The molecular weight excluding hydrogens is 346 g/mol. The van der Waals surface area contributed by atoms with Gasteiger partial charge in [0.1, 0.15) is 0 Å². The van der Waals surface area contributed by atoms with Crippen LogP contribution in [0.15, 0.2) is 36.4 Å². The lowest BCUT2D eigenvalue weighted by Crippen LogP contribution is -2.34. The highest BCUT2D eigenvalue weighted by atomic mass is 16.5. The number of rotatable bonds is 10. The van der Waals surface area contributed by atoms with Gasteiger partial charge in [-0.1, -0.05) is 12.1 Å². The maximum absolute atomic E-state index is 9.70. The molecule has 0 bridgehead atoms. The third-order valence-corrected chi connectivity index (χ3v) is 4.55. The Morgan fingerprint density at radius 2 is 1.15 bits per heavy atom. The molecule has 0 amide bonds. The van der Waals surface area contributed by atoms with Crippen molar-refractivity contribution in [2.24, 2.45) is 0 Å². The Balaban J connectivity index is 2.23. The van der Waals surface area contributed by atoms with E-state index in [1.165, 1.54) is 0 Å². The van der Waals surface area contributed by atoms with Gasteiger partial charge in [-0.25, -0.2) is 0 Å². The number of benzene rings is 2. The van der Waals surface area contributed by atoms with Gasteiger partial charge >= 0.3 is 0 Å². The fourth-order valence-electron chi connectivity index (χ4n) is 2.91. The number of nitrogens with zero attached hydrogens (tertiary/aromatic N) is 1. The van der Waals surface area contributed by atoms with Crippen LogP contribution in [0.2, 0.25) is 0 Å². The molecule has 27 heavy (non-hydrogen) atoms. The van der Waals surface area contributed by atoms with E-state index in [-0.39, 0.29) is 12.6 Å². The van der Waals surface area contributed by atoms with Gasteiger partial charge in [-0.15, -0.1) is 0 Å². The molecule has 2 aromatic carbocycles. The second-order valence-corrected chi connectivity index (χ2v) is 6.32. The van der Waals surface area contributed by atoms with Crippen molar-refractivity contribution in [2.45, 2.75) is 26.1 Å². The summed E-state index contributed by atoms with van der Waals surface area (Å²) in [5.41, 5.74) is 2.15. The van der Waals surface area contributed by atoms with E-state index in [1.54, 1.807) is 28.4 Å². The fraction of sp³-hybridized carbons (Fsp3) is 0.429. The van der Waals surface area contributed by atoms with Gasteiger partial charge < -0.3 is 24.1 Å². The van der Waals surface area contributed by atoms with Crippen LogP contribution >= 0.6 is 0 Å². The first-order chi connectivity index (χ1) is 13.1. The molecule has 0 unspecified atom stereocenters. The third kappa shape index (κ3) is 5.28. The monoisotopic (exact) mass is 375 g/mol. The fourth-order valence-corrected chi connectivity index (χ4v) is 2.91. The SMILES string of the molecule is COc1ccc(CN(Cc2ccc(OC)c(OC)c2)[C@@H](C)CO)cc1OC. The van der Waals surface area contributed by atoms with Crippen LogP contribution in [0, 0.1) is 0 Å². The van der Waals surface area contributed by atoms with Gasteiger partial charge in [0.15, 0.2) is 23.0 Å². The van der Waals surface area contributed by atoms with Crippen LogP contribution in [-0.4, -0.2) is 51.1 Å². The average molecular weight is 375 g/mol. The molecule has 6 nitrogen and oxygen atoms in total. The maximum atomic E-state index is 9.70. The number of ether oxygens (including phenoxy) is 4. The number of hydrogen-bond acceptors (Lipinski definition) is 6. The zero-order valence-corrected chi connectivity index (χ0v) is 16.7. The summed E-state index contributed by atoms with van der Waals surface area (Å²) in [6, 6.07) is 11.7. The molecule has 148 valence electrons. The molecule has 0 fully saturated rings. The van der Waals surface area contributed by atoms with Crippen LogP contribution in [-0.2, 0) is 13.1 Å². The van der Waals surface area contributed by atoms with Gasteiger partial charge in [0.2, 0.25) is 0 Å². The van der Waals surface area contributed by atoms with Crippen molar-refractivity contribution in [3.05, 3.63) is 47.5 Å². The molecule has 0 aromatic heterocycles. The largest absolute Gasteiger partial charge is 0.493 e. The van der Waals surface area contributed by atoms with Crippen LogP contribution in [0.1, 0.15) is 18.1 Å². The van der Waals surface area contributed by atoms with Gasteiger partial charge in [0, 0.05) is 19.1 Å². The maximum Gasteiger partial charge on any atom is 0.161 e. The summed E-state index contributed by atoms with van der Waals surface area (Å²) in [6.07, 6.45) is 0. The van der Waals surface area contributed by atoms with Crippen molar-refractivity contribution in [1.29, 1.82) is 0 Å². The molecule has 1 atom stereocenters. The van der Waals surface area contributed by atoms with E-state index in [2.05, 4.69) is 4.90 Å². The lowest BCUT2D eigenvalue weighted by atomic mass is 10.1. The molecule has 0 aliphatic rings. The Morgan fingerprint density at radius 1 is 0.741 bits per heavy atom. The van der Waals surface area contributed by atoms with Crippen LogP contribution in [0.25, 0.3) is 0 Å². The minimum absolute atomic E-state index is 0.00815. The van der Waals surface area contributed by atoms with E-state index in [9.17, 15) is 5.11 Å². The average Bonchev–Trinajstić information content (AvgIpc) is 2.72. The van der Waals surface area contributed by atoms with E-state index in [1.807, 2.05) is 43.3 Å². The molecule has 1 N–H and O–H groups in total. The van der Waals surface area contributed by atoms with Crippen molar-refractivity contribution in [1.82, 2.24) is 4.90 Å². The lowest BCUT2D eigenvalue weighted by molar-refractivity contribution is 0.121. The number of aliphatic hydroxyl groups is 1. The van der Waals surface area contributed by atoms with E-state index < -0.39 is 0 Å². The molecule has 0 aliphatic carbocycles. The van der Waals surface area contributed by atoms with Crippen molar-refractivity contribution >= 4 is 0 Å². The standard InChI is InChI=1S/C21H29NO5/c1-15(14-23)22(12-16-6-8-18(24-2)20(10-16)26-4)13-17-7-9-19(25-3)21(11-17)27-5/h6-11,15,23H,12-14H2,1-5H3/t15-/m0/s1. The zero-order valence-electron chi connectivity index (χ0n) is 16.7. The highest BCUT2D eigenvalue weighted by Gasteiger charge is 2.16. The Labute approximate surface area is 161 Å². The Hall–Kier alpha value is -2.44. The smallest absolute Gasteiger partial charge is 0.161 e. The van der Waals surface area contributed by atoms with Crippen molar-refractivity contribution in [2.75, 3.05) is 35.0 Å². The summed E-state index contributed by atoms with van der Waals surface area (Å²) in [6.45, 7) is 3.40. The molecule has 6 heteroatoms. The van der Waals surface area contributed by atoms with E-state index in [4.69, 9.17) is 18.9 Å². The predicted octanol–water partition coefficient (Wildman–Crippen LogP) is 3.10. The minimum atomic E-state index is -0.00815. The van der Waals surface area contributed by atoms with Crippen LogP contribution < -0.4 is 18.9 Å². The summed E-state index contributed by atoms with van der Waals surface area (Å²) < 4.78 is 21.4. The molecule has 0 aliphatic heterocycles. The predicted molar refractivity (Wildman–Crippen MR) is 105 cm³/mol. The Kier molecular flexibility index (Phi) is 7.76. The zero-order chi connectivity index (χ0) is 19.8. The summed E-state index contributed by atoms with van der Waals surface area (Å²) in [4.78, 5) is 2.20. The van der Waals surface area contributed by atoms with Gasteiger partial charge in [-0.3, -0.25) is 4.90 Å². The Morgan fingerprint density at radius 3 is 1.48 bits per heavy atom. The van der Waals surface area contributed by atoms with E-state index in [0.29, 0.717) is 36.1 Å². The first kappa shape index (κ1) is 20.9. The first-order valence-corrected chi connectivity index (χ1v) is 8.83. The molecule has 0 saturated heterocycles. The minimum Gasteiger partial charge on any atom is -0.493 e. The molecule has 2 aromatic rings. The molecular formula is C21H29NO5. The second kappa shape index (κ2) is 10.0. The van der Waals surface area contributed by atoms with Gasteiger partial charge in [0.25, 0.3) is 0 Å². The second-order valence-electron chi connectivity index (χ2n) is 6.32. The summed E-state index contributed by atoms with van der Waals surface area (Å²) in [5.74, 6) is 2.78. The first-order valence-electron chi connectivity index (χ1n) is 8.83. The third-order valence-electron chi connectivity index (χ3n) is 4.55. The van der Waals surface area contributed by atoms with Crippen molar-refractivity contribution in [3.63, 3.8) is 0 Å². The topological polar surface area (TPSA) is 60.4 Å². The normalized spacial score (nSPS) is 12.0. The van der Waals surface area contributed by atoms with Crippen molar-refractivity contribution in [3.8, 4) is 23.0 Å².